The first-order valence-electron chi connectivity index (χ1n) is 6.31. The van der Waals surface area contributed by atoms with Gasteiger partial charge in [0.25, 0.3) is 0 Å². The summed E-state index contributed by atoms with van der Waals surface area (Å²) in [7, 11) is 1.56. The number of halogens is 2. The molecule has 106 valence electrons. The topological polar surface area (TPSA) is 46.3 Å². The largest absolute Gasteiger partial charge is 0.340 e. The Labute approximate surface area is 112 Å². The van der Waals surface area contributed by atoms with Crippen LogP contribution in [-0.2, 0) is 11.3 Å². The summed E-state index contributed by atoms with van der Waals surface area (Å²) in [5.74, 6) is -1.46. The lowest BCUT2D eigenvalue weighted by Crippen LogP contribution is -2.45. The molecule has 0 saturated carbocycles. The van der Waals surface area contributed by atoms with Crippen LogP contribution in [0, 0.1) is 17.6 Å². The Balaban J connectivity index is 2.73. The number of likely N-dealkylation sites (N-methyl/N-ethyl adjacent to an activating group) is 1. The second-order valence-corrected chi connectivity index (χ2v) is 4.84. The SMILES string of the molecule is CC[C@H](C)[C@H](N)C(=O)N(C)Cc1ccc(F)cc1F. The zero-order valence-electron chi connectivity index (χ0n) is 11.5. The minimum absolute atomic E-state index is 0.0630. The third kappa shape index (κ3) is 3.99. The van der Waals surface area contributed by atoms with Gasteiger partial charge in [-0.1, -0.05) is 26.3 Å². The van der Waals surface area contributed by atoms with Gasteiger partial charge in [0.1, 0.15) is 11.6 Å². The number of rotatable bonds is 5. The highest BCUT2D eigenvalue weighted by Crippen LogP contribution is 2.14. The molecule has 2 N–H and O–H groups in total. The summed E-state index contributed by atoms with van der Waals surface area (Å²) in [5, 5.41) is 0. The van der Waals surface area contributed by atoms with Gasteiger partial charge in [-0.3, -0.25) is 4.79 Å². The molecule has 0 bridgehead atoms. The van der Waals surface area contributed by atoms with Crippen molar-refractivity contribution in [2.24, 2.45) is 11.7 Å². The Kier molecular flexibility index (Phi) is 5.42. The predicted octanol–water partition coefficient (Wildman–Crippen LogP) is 2.30. The van der Waals surface area contributed by atoms with E-state index in [0.29, 0.717) is 0 Å². The molecule has 1 amide bonds. The molecule has 2 atom stereocenters. The summed E-state index contributed by atoms with van der Waals surface area (Å²) in [6.07, 6.45) is 0.797. The highest BCUT2D eigenvalue weighted by atomic mass is 19.1. The third-order valence-corrected chi connectivity index (χ3v) is 3.34. The molecule has 5 heteroatoms. The van der Waals surface area contributed by atoms with Gasteiger partial charge in [-0.15, -0.1) is 0 Å². The molecule has 19 heavy (non-hydrogen) atoms. The van der Waals surface area contributed by atoms with Gasteiger partial charge in [0.15, 0.2) is 0 Å². The van der Waals surface area contributed by atoms with Crippen LogP contribution in [0.5, 0.6) is 0 Å². The highest BCUT2D eigenvalue weighted by molar-refractivity contribution is 5.81. The van der Waals surface area contributed by atoms with Crippen LogP contribution in [-0.4, -0.2) is 23.9 Å². The number of hydrogen-bond donors (Lipinski definition) is 1. The maximum absolute atomic E-state index is 13.5. The Morgan fingerprint density at radius 3 is 2.58 bits per heavy atom. The van der Waals surface area contributed by atoms with Crippen LogP contribution in [0.4, 0.5) is 8.78 Å². The molecular weight excluding hydrogens is 250 g/mol. The first-order valence-corrected chi connectivity index (χ1v) is 6.31. The van der Waals surface area contributed by atoms with Crippen molar-refractivity contribution in [3.05, 3.63) is 35.4 Å². The van der Waals surface area contributed by atoms with Gasteiger partial charge in [-0.05, 0) is 12.0 Å². The number of carbonyl (C=O) groups is 1. The quantitative estimate of drug-likeness (QED) is 0.892. The Morgan fingerprint density at radius 2 is 2.05 bits per heavy atom. The van der Waals surface area contributed by atoms with E-state index in [1.807, 2.05) is 13.8 Å². The van der Waals surface area contributed by atoms with Crippen molar-refractivity contribution in [3.63, 3.8) is 0 Å². The fourth-order valence-electron chi connectivity index (χ4n) is 1.74. The van der Waals surface area contributed by atoms with E-state index in [1.165, 1.54) is 17.0 Å². The van der Waals surface area contributed by atoms with E-state index < -0.39 is 17.7 Å². The second-order valence-electron chi connectivity index (χ2n) is 4.84. The zero-order chi connectivity index (χ0) is 14.6. The van der Waals surface area contributed by atoms with Crippen molar-refractivity contribution < 1.29 is 13.6 Å². The molecule has 0 aliphatic carbocycles. The van der Waals surface area contributed by atoms with Gasteiger partial charge in [-0.2, -0.15) is 0 Å². The molecule has 1 aromatic carbocycles. The van der Waals surface area contributed by atoms with E-state index in [0.717, 1.165) is 12.5 Å². The third-order valence-electron chi connectivity index (χ3n) is 3.34. The summed E-state index contributed by atoms with van der Waals surface area (Å²) in [6, 6.07) is 2.72. The number of benzene rings is 1. The first-order chi connectivity index (χ1) is 8.86. The van der Waals surface area contributed by atoms with Crippen LogP contribution >= 0.6 is 0 Å². The number of hydrogen-bond acceptors (Lipinski definition) is 2. The van der Waals surface area contributed by atoms with Crippen molar-refractivity contribution in [1.29, 1.82) is 0 Å². The molecule has 1 rings (SSSR count). The van der Waals surface area contributed by atoms with Crippen LogP contribution < -0.4 is 5.73 Å². The summed E-state index contributed by atoms with van der Waals surface area (Å²) >= 11 is 0. The Bertz CT molecular complexity index is 451. The Morgan fingerprint density at radius 1 is 1.42 bits per heavy atom. The van der Waals surface area contributed by atoms with Crippen molar-refractivity contribution in [2.75, 3.05) is 7.05 Å². The lowest BCUT2D eigenvalue weighted by Gasteiger charge is -2.24. The van der Waals surface area contributed by atoms with Crippen molar-refractivity contribution in [2.45, 2.75) is 32.9 Å². The summed E-state index contributed by atoms with van der Waals surface area (Å²) in [6.45, 7) is 3.93. The number of nitrogens with two attached hydrogens (primary N) is 1. The molecule has 0 aliphatic rings. The maximum Gasteiger partial charge on any atom is 0.239 e. The average Bonchev–Trinajstić information content (AvgIpc) is 2.39. The lowest BCUT2D eigenvalue weighted by molar-refractivity contribution is -0.133. The predicted molar refractivity (Wildman–Crippen MR) is 70.3 cm³/mol. The van der Waals surface area contributed by atoms with Crippen LogP contribution in [0.15, 0.2) is 18.2 Å². The van der Waals surface area contributed by atoms with E-state index in [-0.39, 0.29) is 23.9 Å². The summed E-state index contributed by atoms with van der Waals surface area (Å²) in [4.78, 5) is 13.4. The molecule has 0 radical (unpaired) electrons. The van der Waals surface area contributed by atoms with E-state index in [4.69, 9.17) is 5.73 Å². The normalized spacial score (nSPS) is 14.0. The molecular formula is C14H20F2N2O. The fraction of sp³-hybridized carbons (Fsp3) is 0.500. The molecule has 0 saturated heterocycles. The second kappa shape index (κ2) is 6.61. The van der Waals surface area contributed by atoms with Crippen molar-refractivity contribution in [1.82, 2.24) is 4.90 Å². The van der Waals surface area contributed by atoms with Gasteiger partial charge in [0.2, 0.25) is 5.91 Å². The zero-order valence-corrected chi connectivity index (χ0v) is 11.5. The van der Waals surface area contributed by atoms with Gasteiger partial charge >= 0.3 is 0 Å². The fourth-order valence-corrected chi connectivity index (χ4v) is 1.74. The van der Waals surface area contributed by atoms with Gasteiger partial charge in [-0.25, -0.2) is 8.78 Å². The minimum atomic E-state index is -0.656. The lowest BCUT2D eigenvalue weighted by atomic mass is 9.99. The van der Waals surface area contributed by atoms with Gasteiger partial charge in [0, 0.05) is 25.2 Å². The Hall–Kier alpha value is -1.49. The highest BCUT2D eigenvalue weighted by Gasteiger charge is 2.23. The monoisotopic (exact) mass is 270 g/mol. The standard InChI is InChI=1S/C14H20F2N2O/c1-4-9(2)13(17)14(19)18(3)8-10-5-6-11(15)7-12(10)16/h5-7,9,13H,4,8,17H2,1-3H3/t9-,13-/m0/s1. The van der Waals surface area contributed by atoms with E-state index >= 15 is 0 Å². The molecule has 1 aromatic rings. The number of amides is 1. The minimum Gasteiger partial charge on any atom is -0.340 e. The van der Waals surface area contributed by atoms with Crippen LogP contribution in [0.25, 0.3) is 0 Å². The smallest absolute Gasteiger partial charge is 0.239 e. The van der Waals surface area contributed by atoms with Crippen molar-refractivity contribution in [3.8, 4) is 0 Å². The summed E-state index contributed by atoms with van der Waals surface area (Å²) < 4.78 is 26.3. The van der Waals surface area contributed by atoms with Crippen LogP contribution in [0.3, 0.4) is 0 Å². The molecule has 0 aromatic heterocycles. The molecule has 3 nitrogen and oxygen atoms in total. The summed E-state index contributed by atoms with van der Waals surface area (Å²) in [5.41, 5.74) is 6.11. The molecule has 0 spiro atoms. The molecule has 0 unspecified atom stereocenters. The van der Waals surface area contributed by atoms with Gasteiger partial charge in [0.05, 0.1) is 6.04 Å². The number of nitrogens with zero attached hydrogens (tertiary/aromatic N) is 1. The number of carbonyl (C=O) groups excluding carboxylic acids is 1. The van der Waals surface area contributed by atoms with Crippen LogP contribution in [0.1, 0.15) is 25.8 Å². The van der Waals surface area contributed by atoms with E-state index in [2.05, 4.69) is 0 Å². The van der Waals surface area contributed by atoms with E-state index in [9.17, 15) is 13.6 Å². The van der Waals surface area contributed by atoms with Crippen LogP contribution in [0.2, 0.25) is 0 Å². The maximum atomic E-state index is 13.5. The van der Waals surface area contributed by atoms with Crippen molar-refractivity contribution >= 4 is 5.91 Å². The molecule has 0 aliphatic heterocycles. The first kappa shape index (κ1) is 15.6. The van der Waals surface area contributed by atoms with E-state index in [1.54, 1.807) is 7.05 Å². The molecule has 0 fully saturated rings. The average molecular weight is 270 g/mol. The molecule has 0 heterocycles. The van der Waals surface area contributed by atoms with Gasteiger partial charge < -0.3 is 10.6 Å².